The third kappa shape index (κ3) is 7.00. The van der Waals surface area contributed by atoms with Crippen LogP contribution < -0.4 is 24.3 Å². The van der Waals surface area contributed by atoms with Gasteiger partial charge >= 0.3 is 5.97 Å². The molecular weight excluding hydrogens is 500 g/mol. The summed E-state index contributed by atoms with van der Waals surface area (Å²) in [6.07, 6.45) is 1.29. The Balaban J connectivity index is 1.62. The van der Waals surface area contributed by atoms with E-state index < -0.39 is 12.6 Å². The van der Waals surface area contributed by atoms with Gasteiger partial charge in [-0.25, -0.2) is 4.79 Å². The fourth-order valence-corrected chi connectivity index (χ4v) is 4.87. The molecule has 1 atom stereocenters. The number of nitrogens with zero attached hydrogens (tertiary/aromatic N) is 1. The maximum Gasteiger partial charge on any atom is 0.341 e. The van der Waals surface area contributed by atoms with Crippen LogP contribution >= 0.6 is 0 Å². The van der Waals surface area contributed by atoms with Crippen LogP contribution in [0, 0.1) is 0 Å². The van der Waals surface area contributed by atoms with Crippen LogP contribution in [0.25, 0.3) is 0 Å². The number of benzene rings is 3. The van der Waals surface area contributed by atoms with E-state index in [0.29, 0.717) is 48.9 Å². The van der Waals surface area contributed by atoms with Crippen molar-refractivity contribution in [3.05, 3.63) is 82.9 Å². The average molecular weight is 535 g/mol. The Labute approximate surface area is 228 Å². The minimum absolute atomic E-state index is 0.0620. The summed E-state index contributed by atoms with van der Waals surface area (Å²) in [5.74, 6) is 0.986. The number of rotatable bonds is 12. The second-order valence-corrected chi connectivity index (χ2v) is 9.28. The van der Waals surface area contributed by atoms with Crippen LogP contribution in [-0.2, 0) is 29.0 Å². The lowest BCUT2D eigenvalue weighted by Crippen LogP contribution is -2.43. The van der Waals surface area contributed by atoms with Gasteiger partial charge in [0.2, 0.25) is 5.91 Å². The van der Waals surface area contributed by atoms with E-state index in [1.165, 1.54) is 7.11 Å². The van der Waals surface area contributed by atoms with Gasteiger partial charge in [0.15, 0.2) is 29.6 Å². The van der Waals surface area contributed by atoms with Crippen LogP contribution in [0.4, 0.5) is 0 Å². The van der Waals surface area contributed by atoms with Crippen molar-refractivity contribution in [2.75, 3.05) is 41.0 Å². The van der Waals surface area contributed by atoms with Crippen molar-refractivity contribution < 1.29 is 33.6 Å². The molecule has 1 aliphatic heterocycles. The number of ether oxygens (including phenoxy) is 4. The molecule has 0 radical (unpaired) electrons. The zero-order chi connectivity index (χ0) is 27.8. The Bertz CT molecular complexity index is 1300. The van der Waals surface area contributed by atoms with Crippen LogP contribution in [0.15, 0.2) is 60.7 Å². The number of amides is 1. The van der Waals surface area contributed by atoms with E-state index in [4.69, 9.17) is 24.1 Å². The van der Waals surface area contributed by atoms with Crippen molar-refractivity contribution in [2.45, 2.75) is 25.4 Å². The van der Waals surface area contributed by atoms with Gasteiger partial charge in [-0.15, -0.1) is 0 Å². The molecule has 3 aromatic carbocycles. The van der Waals surface area contributed by atoms with E-state index in [0.717, 1.165) is 22.3 Å². The topological polar surface area (TPSA) is 107 Å². The molecule has 0 fully saturated rings. The summed E-state index contributed by atoms with van der Waals surface area (Å²) in [5, 5.41) is 12.1. The van der Waals surface area contributed by atoms with E-state index >= 15 is 0 Å². The normalized spacial score (nSPS) is 14.7. The first-order valence-electron chi connectivity index (χ1n) is 12.7. The van der Waals surface area contributed by atoms with Gasteiger partial charge in [0.25, 0.3) is 0 Å². The third-order valence-corrected chi connectivity index (χ3v) is 6.80. The summed E-state index contributed by atoms with van der Waals surface area (Å²) in [5.41, 5.74) is 4.09. The number of carboxylic acid groups (broad SMARTS) is 1. The summed E-state index contributed by atoms with van der Waals surface area (Å²) in [7, 11) is 4.72. The van der Waals surface area contributed by atoms with E-state index in [1.54, 1.807) is 14.2 Å². The highest BCUT2D eigenvalue weighted by molar-refractivity contribution is 5.78. The van der Waals surface area contributed by atoms with Gasteiger partial charge in [-0.1, -0.05) is 36.4 Å². The number of carbonyl (C=O) groups excluding carboxylic acids is 1. The van der Waals surface area contributed by atoms with Crippen LogP contribution in [-0.4, -0.2) is 62.9 Å². The second-order valence-electron chi connectivity index (χ2n) is 9.28. The number of nitrogens with one attached hydrogen (secondary N) is 1. The fraction of sp³-hybridized carbons (Fsp3) is 0.333. The molecule has 1 aliphatic rings. The lowest BCUT2D eigenvalue weighted by Gasteiger charge is -2.37. The molecule has 1 unspecified atom stereocenters. The number of carboxylic acids is 1. The van der Waals surface area contributed by atoms with Gasteiger partial charge in [0.1, 0.15) is 0 Å². The summed E-state index contributed by atoms with van der Waals surface area (Å²) >= 11 is 0. The number of fused-ring (bicyclic) bond motifs is 1. The lowest BCUT2D eigenvalue weighted by atomic mass is 9.88. The van der Waals surface area contributed by atoms with Crippen molar-refractivity contribution in [2.24, 2.45) is 0 Å². The molecule has 0 aliphatic carbocycles. The van der Waals surface area contributed by atoms with Crippen molar-refractivity contribution in [3.8, 4) is 23.0 Å². The van der Waals surface area contributed by atoms with E-state index in [9.17, 15) is 9.59 Å². The van der Waals surface area contributed by atoms with Crippen molar-refractivity contribution in [3.63, 3.8) is 0 Å². The van der Waals surface area contributed by atoms with Gasteiger partial charge in [-0.3, -0.25) is 9.69 Å². The molecule has 4 rings (SSSR count). The second kappa shape index (κ2) is 13.0. The molecule has 1 amide bonds. The summed E-state index contributed by atoms with van der Waals surface area (Å²) in [6.45, 7) is 0.874. The molecule has 0 saturated carbocycles. The maximum atomic E-state index is 13.0. The highest BCUT2D eigenvalue weighted by atomic mass is 16.5. The molecule has 2 N–H and O–H groups in total. The number of aliphatic carboxylic acids is 1. The van der Waals surface area contributed by atoms with Crippen LogP contribution in [0.2, 0.25) is 0 Å². The molecule has 3 aromatic rings. The number of methoxy groups -OCH3 is 3. The summed E-state index contributed by atoms with van der Waals surface area (Å²) < 4.78 is 22.0. The van der Waals surface area contributed by atoms with Crippen LogP contribution in [0.3, 0.4) is 0 Å². The van der Waals surface area contributed by atoms with E-state index in [2.05, 4.69) is 10.2 Å². The van der Waals surface area contributed by atoms with Gasteiger partial charge in [0.05, 0.1) is 27.9 Å². The maximum absolute atomic E-state index is 13.0. The Morgan fingerprint density at radius 3 is 2.31 bits per heavy atom. The first-order chi connectivity index (χ1) is 18.9. The molecule has 0 aromatic heterocycles. The lowest BCUT2D eigenvalue weighted by molar-refractivity contribution is -0.139. The first-order valence-corrected chi connectivity index (χ1v) is 12.7. The molecule has 1 heterocycles. The minimum atomic E-state index is -1.06. The summed E-state index contributed by atoms with van der Waals surface area (Å²) in [4.78, 5) is 26.3. The third-order valence-electron chi connectivity index (χ3n) is 6.80. The zero-order valence-corrected chi connectivity index (χ0v) is 22.4. The number of carbonyl (C=O) groups is 2. The van der Waals surface area contributed by atoms with E-state index in [-0.39, 0.29) is 18.5 Å². The summed E-state index contributed by atoms with van der Waals surface area (Å²) in [6, 6.07) is 19.2. The molecule has 39 heavy (non-hydrogen) atoms. The molecule has 0 bridgehead atoms. The van der Waals surface area contributed by atoms with Crippen molar-refractivity contribution >= 4 is 11.9 Å². The van der Waals surface area contributed by atoms with E-state index in [1.807, 2.05) is 60.7 Å². The molecule has 9 heteroatoms. The Kier molecular flexibility index (Phi) is 9.27. The zero-order valence-electron chi connectivity index (χ0n) is 22.4. The fourth-order valence-electron chi connectivity index (χ4n) is 4.87. The predicted molar refractivity (Wildman–Crippen MR) is 146 cm³/mol. The molecular formula is C30H34N2O7. The number of hydrogen-bond donors (Lipinski definition) is 2. The SMILES string of the molecule is COc1ccc(CC2c3cc(OC)c(OCC(=O)O)cc3CCN2CC(=O)NCc2ccccc2)cc1OC. The largest absolute Gasteiger partial charge is 0.493 e. The Morgan fingerprint density at radius 2 is 1.62 bits per heavy atom. The quantitative estimate of drug-likeness (QED) is 0.363. The minimum Gasteiger partial charge on any atom is -0.493 e. The van der Waals surface area contributed by atoms with Gasteiger partial charge in [-0.05, 0) is 59.4 Å². The van der Waals surface area contributed by atoms with Crippen molar-refractivity contribution in [1.29, 1.82) is 0 Å². The predicted octanol–water partition coefficient (Wildman–Crippen LogP) is 3.63. The Hall–Kier alpha value is -4.24. The first kappa shape index (κ1) is 27.8. The standard InChI is InChI=1S/C30H34N2O7/c1-36-25-10-9-21(14-26(25)37-2)13-24-23-16-27(38-3)28(39-19-30(34)35)15-22(23)11-12-32(24)18-29(33)31-17-20-7-5-4-6-8-20/h4-10,14-16,24H,11-13,17-19H2,1-3H3,(H,31,33)(H,34,35). The van der Waals surface area contributed by atoms with Gasteiger partial charge in [-0.2, -0.15) is 0 Å². The highest BCUT2D eigenvalue weighted by Crippen LogP contribution is 2.40. The smallest absolute Gasteiger partial charge is 0.341 e. The average Bonchev–Trinajstić information content (AvgIpc) is 2.96. The molecule has 0 spiro atoms. The molecule has 206 valence electrons. The Morgan fingerprint density at radius 1 is 0.897 bits per heavy atom. The van der Waals surface area contributed by atoms with Gasteiger partial charge < -0.3 is 29.4 Å². The highest BCUT2D eigenvalue weighted by Gasteiger charge is 2.31. The van der Waals surface area contributed by atoms with Crippen molar-refractivity contribution in [1.82, 2.24) is 10.2 Å². The number of hydrogen-bond acceptors (Lipinski definition) is 7. The molecule has 0 saturated heterocycles. The van der Waals surface area contributed by atoms with Crippen LogP contribution in [0.1, 0.15) is 28.3 Å². The van der Waals surface area contributed by atoms with Crippen LogP contribution in [0.5, 0.6) is 23.0 Å². The van der Waals surface area contributed by atoms with Gasteiger partial charge in [0, 0.05) is 19.1 Å². The molecule has 9 nitrogen and oxygen atoms in total. The monoisotopic (exact) mass is 534 g/mol.